The van der Waals surface area contributed by atoms with Crippen LogP contribution in [0.2, 0.25) is 0 Å². The quantitative estimate of drug-likeness (QED) is 0.406. The van der Waals surface area contributed by atoms with E-state index in [-0.39, 0.29) is 0 Å². The Labute approximate surface area is 94.0 Å². The molecule has 0 aliphatic rings. The Morgan fingerprint density at radius 3 is 2.81 bits per heavy atom. The van der Waals surface area contributed by atoms with Crippen molar-refractivity contribution in [3.63, 3.8) is 0 Å². The Balaban J connectivity index is 2.58. The second-order valence-corrected chi connectivity index (χ2v) is 3.30. The molecule has 0 spiro atoms. The second-order valence-electron chi connectivity index (χ2n) is 3.30. The molecule has 88 valence electrons. The summed E-state index contributed by atoms with van der Waals surface area (Å²) in [5.74, 6) is 0.657. The molecule has 1 aromatic heterocycles. The zero-order chi connectivity index (χ0) is 12.0. The number of hydrogen-bond donors (Lipinski definition) is 0. The number of rotatable bonds is 5. The minimum Gasteiger partial charge on any atom is -0.297 e. The molecule has 0 amide bonds. The maximum Gasteiger partial charge on any atom is 0.180 e. The zero-order valence-electron chi connectivity index (χ0n) is 9.99. The van der Waals surface area contributed by atoms with Gasteiger partial charge in [0.05, 0.1) is 7.05 Å². The topological polar surface area (TPSA) is 83.9 Å². The molecule has 0 saturated carbocycles. The van der Waals surface area contributed by atoms with E-state index in [0.717, 1.165) is 5.71 Å². The number of aromatic nitrogens is 4. The van der Waals surface area contributed by atoms with E-state index < -0.39 is 0 Å². The van der Waals surface area contributed by atoms with E-state index >= 15 is 0 Å². The first-order chi connectivity index (χ1) is 7.65. The number of hydrogen-bond acceptors (Lipinski definition) is 6. The van der Waals surface area contributed by atoms with Crippen LogP contribution in [-0.2, 0) is 13.1 Å². The van der Waals surface area contributed by atoms with Gasteiger partial charge in [-0.05, 0) is 12.1 Å². The van der Waals surface area contributed by atoms with Gasteiger partial charge in [0.2, 0.25) is 0 Å². The average molecular weight is 224 g/mol. The third-order valence-corrected chi connectivity index (χ3v) is 1.86. The molecular formula is C8H16N8. The molecule has 0 aliphatic carbocycles. The Hall–Kier alpha value is -1.86. The van der Waals surface area contributed by atoms with Crippen molar-refractivity contribution in [2.75, 3.05) is 21.1 Å². The largest absolute Gasteiger partial charge is 0.297 e. The highest BCUT2D eigenvalue weighted by atomic mass is 15.7. The van der Waals surface area contributed by atoms with Crippen LogP contribution in [0.5, 0.6) is 0 Å². The van der Waals surface area contributed by atoms with E-state index in [4.69, 9.17) is 0 Å². The second kappa shape index (κ2) is 5.89. The summed E-state index contributed by atoms with van der Waals surface area (Å²) >= 11 is 0. The summed E-state index contributed by atoms with van der Waals surface area (Å²) in [5.41, 5.74) is 0.973. The summed E-state index contributed by atoms with van der Waals surface area (Å²) in [4.78, 5) is 5.50. The molecule has 0 unspecified atom stereocenters. The summed E-state index contributed by atoms with van der Waals surface area (Å²) in [6.07, 6.45) is 0.621. The summed E-state index contributed by atoms with van der Waals surface area (Å²) in [7, 11) is 5.14. The van der Waals surface area contributed by atoms with Gasteiger partial charge in [-0.15, -0.1) is 15.0 Å². The van der Waals surface area contributed by atoms with Crippen molar-refractivity contribution in [3.8, 4) is 0 Å². The maximum atomic E-state index is 4.19. The van der Waals surface area contributed by atoms with Gasteiger partial charge in [-0.25, -0.2) is 0 Å². The van der Waals surface area contributed by atoms with Crippen molar-refractivity contribution < 1.29 is 0 Å². The number of nitrogens with zero attached hydrogens (tertiary/aromatic N) is 8. The van der Waals surface area contributed by atoms with Crippen molar-refractivity contribution in [1.82, 2.24) is 25.2 Å². The Morgan fingerprint density at radius 1 is 1.44 bits per heavy atom. The molecule has 0 fully saturated rings. The minimum absolute atomic E-state index is 0.423. The van der Waals surface area contributed by atoms with E-state index in [0.29, 0.717) is 18.9 Å². The first-order valence-electron chi connectivity index (χ1n) is 4.85. The zero-order valence-corrected chi connectivity index (χ0v) is 9.99. The van der Waals surface area contributed by atoms with E-state index in [9.17, 15) is 0 Å². The molecule has 8 nitrogen and oxygen atoms in total. The fourth-order valence-electron chi connectivity index (χ4n) is 1.08. The number of aliphatic imine (C=N–C) groups is 1. The highest BCUT2D eigenvalue weighted by Crippen LogP contribution is 1.93. The molecule has 0 N–H and O–H groups in total. The molecule has 16 heavy (non-hydrogen) atoms. The third kappa shape index (κ3) is 3.71. The van der Waals surface area contributed by atoms with Crippen LogP contribution in [0.3, 0.4) is 0 Å². The predicted octanol–water partition coefficient (Wildman–Crippen LogP) is 0.193. The first kappa shape index (κ1) is 12.2. The smallest absolute Gasteiger partial charge is 0.180 e. The van der Waals surface area contributed by atoms with Crippen LogP contribution < -0.4 is 0 Å². The van der Waals surface area contributed by atoms with Crippen LogP contribution in [0.1, 0.15) is 12.7 Å². The molecule has 8 heteroatoms. The molecule has 0 saturated heterocycles. The van der Waals surface area contributed by atoms with Gasteiger partial charge in [-0.1, -0.05) is 5.22 Å². The summed E-state index contributed by atoms with van der Waals surface area (Å²) in [6.45, 7) is 2.35. The molecule has 0 bridgehead atoms. The third-order valence-electron chi connectivity index (χ3n) is 1.86. The standard InChI is InChI=1S/C8H16N8/c1-7(9-2)5-8-11-14-16(12-8)6-15(4)13-10-3/h5-6H2,1-4H3/b9-7+,13-10-. The lowest BCUT2D eigenvalue weighted by molar-refractivity contribution is 0.229. The van der Waals surface area contributed by atoms with Gasteiger partial charge in [0.25, 0.3) is 0 Å². The molecule has 0 aliphatic heterocycles. The van der Waals surface area contributed by atoms with Gasteiger partial charge >= 0.3 is 0 Å². The monoisotopic (exact) mass is 224 g/mol. The summed E-state index contributed by atoms with van der Waals surface area (Å²) in [6, 6.07) is 0. The van der Waals surface area contributed by atoms with Gasteiger partial charge in [-0.3, -0.25) is 10.0 Å². The van der Waals surface area contributed by atoms with Crippen LogP contribution >= 0.6 is 0 Å². The highest BCUT2D eigenvalue weighted by Gasteiger charge is 2.05. The molecule has 0 aromatic carbocycles. The molecule has 0 radical (unpaired) electrons. The van der Waals surface area contributed by atoms with Crippen molar-refractivity contribution >= 4 is 5.71 Å². The molecule has 1 heterocycles. The highest BCUT2D eigenvalue weighted by molar-refractivity contribution is 5.83. The fourth-order valence-corrected chi connectivity index (χ4v) is 1.08. The van der Waals surface area contributed by atoms with Gasteiger partial charge in [0, 0.05) is 26.2 Å². The Kier molecular flexibility index (Phi) is 4.49. The minimum atomic E-state index is 0.423. The van der Waals surface area contributed by atoms with E-state index in [1.807, 2.05) is 6.92 Å². The first-order valence-corrected chi connectivity index (χ1v) is 4.85. The van der Waals surface area contributed by atoms with Crippen molar-refractivity contribution in [2.45, 2.75) is 20.0 Å². The Bertz CT molecular complexity index is 379. The van der Waals surface area contributed by atoms with Crippen molar-refractivity contribution in [3.05, 3.63) is 5.82 Å². The van der Waals surface area contributed by atoms with Crippen LogP contribution in [0.15, 0.2) is 15.3 Å². The van der Waals surface area contributed by atoms with Gasteiger partial charge in [-0.2, -0.15) is 5.11 Å². The average Bonchev–Trinajstić information content (AvgIpc) is 2.65. The van der Waals surface area contributed by atoms with Crippen LogP contribution in [0, 0.1) is 0 Å². The molecule has 0 atom stereocenters. The Morgan fingerprint density at radius 2 is 2.19 bits per heavy atom. The van der Waals surface area contributed by atoms with E-state index in [1.165, 1.54) is 4.80 Å². The maximum absolute atomic E-state index is 4.19. The summed E-state index contributed by atoms with van der Waals surface area (Å²) < 4.78 is 0. The molecule has 1 rings (SSSR count). The van der Waals surface area contributed by atoms with Crippen molar-refractivity contribution in [1.29, 1.82) is 0 Å². The molecular weight excluding hydrogens is 208 g/mol. The SMILES string of the molecule is C/N=N\N(C)Cn1nnc(C/C(C)=N/C)n1. The van der Waals surface area contributed by atoms with Crippen LogP contribution in [0.4, 0.5) is 0 Å². The molecule has 1 aromatic rings. The number of tetrazole rings is 1. The normalized spacial score (nSPS) is 12.4. The van der Waals surface area contributed by atoms with Crippen LogP contribution in [0.25, 0.3) is 0 Å². The lowest BCUT2D eigenvalue weighted by Crippen LogP contribution is -2.18. The van der Waals surface area contributed by atoms with E-state index in [1.54, 1.807) is 26.2 Å². The lowest BCUT2D eigenvalue weighted by atomic mass is 10.3. The predicted molar refractivity (Wildman–Crippen MR) is 59.1 cm³/mol. The fraction of sp³-hybridized carbons (Fsp3) is 0.750. The van der Waals surface area contributed by atoms with Gasteiger partial charge < -0.3 is 0 Å². The van der Waals surface area contributed by atoms with Crippen molar-refractivity contribution in [2.24, 2.45) is 15.3 Å². The van der Waals surface area contributed by atoms with Crippen LogP contribution in [-0.4, -0.2) is 52.1 Å². The summed E-state index contributed by atoms with van der Waals surface area (Å²) in [5, 5.41) is 21.1. The van der Waals surface area contributed by atoms with Gasteiger partial charge in [0.1, 0.15) is 0 Å². The van der Waals surface area contributed by atoms with E-state index in [2.05, 4.69) is 30.7 Å². The lowest BCUT2D eigenvalue weighted by Gasteiger charge is -2.07. The van der Waals surface area contributed by atoms with Gasteiger partial charge in [0.15, 0.2) is 12.5 Å².